The number of H-pyrrole nitrogens is 1. The summed E-state index contributed by atoms with van der Waals surface area (Å²) in [7, 11) is 0. The molecule has 0 aliphatic carbocycles. The second-order valence-corrected chi connectivity index (χ2v) is 7.51. The number of benzene rings is 1. The molecule has 4 atom stereocenters. The topological polar surface area (TPSA) is 138 Å². The molecule has 10 nitrogen and oxygen atoms in total. The number of fused-ring (bicyclic) bond motifs is 2. The standard InChI is InChI=1S/C18H16BrN5O5/c19-17-21-11-14(24(17)16-13(27)12(26)10(7-25)29-16)22-18-20-9(6-23(18)15(11)28)8-4-2-1-3-5-8/h1-6,10,12-13,16,25-27H,7H2,(H,20,22)/t10-,12-,13-,16-/m1/s1. The normalized spacial score (nSPS) is 24.7. The van der Waals surface area contributed by atoms with Crippen molar-refractivity contribution in [1.82, 2.24) is 23.9 Å². The number of aliphatic hydroxyl groups is 3. The van der Waals surface area contributed by atoms with Crippen molar-refractivity contribution in [2.75, 3.05) is 6.61 Å². The quantitative estimate of drug-likeness (QED) is 0.324. The fourth-order valence-electron chi connectivity index (χ4n) is 3.59. The van der Waals surface area contributed by atoms with Gasteiger partial charge in [0, 0.05) is 6.20 Å². The van der Waals surface area contributed by atoms with Crippen LogP contribution in [0.2, 0.25) is 0 Å². The number of ether oxygens (including phenoxy) is 1. The van der Waals surface area contributed by atoms with Crippen molar-refractivity contribution in [3.8, 4) is 11.3 Å². The lowest BCUT2D eigenvalue weighted by Gasteiger charge is -2.17. The second kappa shape index (κ2) is 6.75. The van der Waals surface area contributed by atoms with Gasteiger partial charge in [-0.15, -0.1) is 0 Å². The zero-order valence-electron chi connectivity index (χ0n) is 14.8. The number of aromatic amines is 1. The van der Waals surface area contributed by atoms with Crippen LogP contribution in [0.1, 0.15) is 6.23 Å². The zero-order chi connectivity index (χ0) is 20.3. The molecule has 11 heteroatoms. The van der Waals surface area contributed by atoms with Crippen LogP contribution in [0.25, 0.3) is 28.2 Å². The van der Waals surface area contributed by atoms with Gasteiger partial charge in [-0.1, -0.05) is 30.3 Å². The van der Waals surface area contributed by atoms with Gasteiger partial charge in [-0.05, 0) is 21.5 Å². The Balaban J connectivity index is 1.70. The Bertz CT molecular complexity index is 1270. The van der Waals surface area contributed by atoms with Gasteiger partial charge in [0.15, 0.2) is 22.1 Å². The highest BCUT2D eigenvalue weighted by Gasteiger charge is 2.45. The van der Waals surface area contributed by atoms with Crippen LogP contribution in [0.4, 0.5) is 0 Å². The molecule has 3 aromatic heterocycles. The molecule has 0 amide bonds. The molecule has 1 aliphatic heterocycles. The van der Waals surface area contributed by atoms with Crippen LogP contribution in [-0.2, 0) is 4.74 Å². The average molecular weight is 462 g/mol. The van der Waals surface area contributed by atoms with Crippen LogP contribution in [0.5, 0.6) is 0 Å². The molecular weight excluding hydrogens is 446 g/mol. The highest BCUT2D eigenvalue weighted by atomic mass is 79.9. The zero-order valence-corrected chi connectivity index (χ0v) is 16.4. The molecule has 1 aliphatic rings. The number of nitrogens with zero attached hydrogens (tertiary/aromatic N) is 4. The van der Waals surface area contributed by atoms with E-state index in [1.54, 1.807) is 6.20 Å². The molecule has 4 N–H and O–H groups in total. The third-order valence-electron chi connectivity index (χ3n) is 5.07. The largest absolute Gasteiger partial charge is 0.394 e. The van der Waals surface area contributed by atoms with Gasteiger partial charge in [0.05, 0.1) is 12.3 Å². The Morgan fingerprint density at radius 2 is 1.93 bits per heavy atom. The first kappa shape index (κ1) is 18.5. The maximum atomic E-state index is 13.0. The number of rotatable bonds is 3. The lowest BCUT2D eigenvalue weighted by molar-refractivity contribution is -0.0521. The van der Waals surface area contributed by atoms with Gasteiger partial charge in [-0.3, -0.25) is 9.36 Å². The molecule has 0 saturated carbocycles. The minimum Gasteiger partial charge on any atom is -0.394 e. The predicted octanol–water partition coefficient (Wildman–Crippen LogP) is 0.413. The molecule has 150 valence electrons. The summed E-state index contributed by atoms with van der Waals surface area (Å²) in [5.41, 5.74) is 1.46. The molecule has 0 bridgehead atoms. The van der Waals surface area contributed by atoms with E-state index in [9.17, 15) is 20.1 Å². The van der Waals surface area contributed by atoms with E-state index in [2.05, 4.69) is 30.9 Å². The van der Waals surface area contributed by atoms with Gasteiger partial charge in [-0.2, -0.15) is 4.98 Å². The lowest BCUT2D eigenvalue weighted by Crippen LogP contribution is -2.33. The van der Waals surface area contributed by atoms with Gasteiger partial charge >= 0.3 is 0 Å². The van der Waals surface area contributed by atoms with Crippen LogP contribution in [-0.4, -0.2) is 64.2 Å². The van der Waals surface area contributed by atoms with E-state index in [0.29, 0.717) is 11.5 Å². The van der Waals surface area contributed by atoms with E-state index < -0.39 is 36.7 Å². The summed E-state index contributed by atoms with van der Waals surface area (Å²) in [4.78, 5) is 24.8. The molecule has 1 fully saturated rings. The Labute approximate surface area is 171 Å². The lowest BCUT2D eigenvalue weighted by atomic mass is 10.1. The molecule has 0 unspecified atom stereocenters. The number of nitrogens with one attached hydrogen (secondary N) is 1. The summed E-state index contributed by atoms with van der Waals surface area (Å²) in [6.45, 7) is -0.462. The van der Waals surface area contributed by atoms with Gasteiger partial charge < -0.3 is 25.0 Å². The molecule has 29 heavy (non-hydrogen) atoms. The molecular formula is C18H16BrN5O5. The van der Waals surface area contributed by atoms with Gasteiger partial charge in [0.25, 0.3) is 5.56 Å². The first-order valence-corrected chi connectivity index (χ1v) is 9.65. The summed E-state index contributed by atoms with van der Waals surface area (Å²) < 4.78 is 8.55. The van der Waals surface area contributed by atoms with Crippen molar-refractivity contribution in [2.24, 2.45) is 0 Å². The summed E-state index contributed by atoms with van der Waals surface area (Å²) in [6, 6.07) is 9.49. The smallest absolute Gasteiger partial charge is 0.287 e. The third kappa shape index (κ3) is 2.74. The first-order chi connectivity index (χ1) is 14.0. The average Bonchev–Trinajstić information content (AvgIpc) is 3.38. The predicted molar refractivity (Wildman–Crippen MR) is 105 cm³/mol. The molecule has 0 radical (unpaired) electrons. The summed E-state index contributed by atoms with van der Waals surface area (Å²) in [5.74, 6) is 0.293. The molecule has 5 rings (SSSR count). The SMILES string of the molecule is O=c1c2nc(Br)n([C@@H]3O[C@H](CO)[C@@H](O)[C@H]3O)c2nc2[nH]c(-c3ccccc3)cn12. The van der Waals surface area contributed by atoms with Crippen molar-refractivity contribution < 1.29 is 20.1 Å². The Hall–Kier alpha value is -2.57. The number of hydrogen-bond acceptors (Lipinski definition) is 7. The number of aliphatic hydroxyl groups excluding tert-OH is 3. The van der Waals surface area contributed by atoms with E-state index in [0.717, 1.165) is 5.56 Å². The number of halogens is 1. The van der Waals surface area contributed by atoms with Gasteiger partial charge in [0.1, 0.15) is 18.3 Å². The fourth-order valence-corrected chi connectivity index (χ4v) is 4.13. The number of hydrogen-bond donors (Lipinski definition) is 4. The van der Waals surface area contributed by atoms with Crippen LogP contribution in [0.15, 0.2) is 46.1 Å². The monoisotopic (exact) mass is 461 g/mol. The molecule has 1 aromatic carbocycles. The number of imidazole rings is 2. The summed E-state index contributed by atoms with van der Waals surface area (Å²) >= 11 is 3.27. The van der Waals surface area contributed by atoms with E-state index >= 15 is 0 Å². The van der Waals surface area contributed by atoms with Crippen LogP contribution in [0, 0.1) is 0 Å². The van der Waals surface area contributed by atoms with Gasteiger partial charge in [0.2, 0.25) is 5.78 Å². The van der Waals surface area contributed by atoms with Crippen molar-refractivity contribution in [3.05, 3.63) is 51.6 Å². The molecule has 0 spiro atoms. The highest BCUT2D eigenvalue weighted by molar-refractivity contribution is 9.10. The van der Waals surface area contributed by atoms with E-state index in [4.69, 9.17) is 4.74 Å². The fraction of sp³-hybridized carbons (Fsp3) is 0.278. The van der Waals surface area contributed by atoms with E-state index in [-0.39, 0.29) is 15.9 Å². The van der Waals surface area contributed by atoms with Crippen LogP contribution < -0.4 is 5.56 Å². The minimum atomic E-state index is -1.33. The van der Waals surface area contributed by atoms with Crippen LogP contribution >= 0.6 is 15.9 Å². The molecule has 4 heterocycles. The van der Waals surface area contributed by atoms with Crippen molar-refractivity contribution in [3.63, 3.8) is 0 Å². The highest BCUT2D eigenvalue weighted by Crippen LogP contribution is 2.34. The minimum absolute atomic E-state index is 0.0747. The maximum absolute atomic E-state index is 13.0. The molecule has 4 aromatic rings. The summed E-state index contributed by atoms with van der Waals surface area (Å²) in [6.07, 6.45) is -2.99. The van der Waals surface area contributed by atoms with Crippen molar-refractivity contribution in [2.45, 2.75) is 24.5 Å². The van der Waals surface area contributed by atoms with Crippen molar-refractivity contribution in [1.29, 1.82) is 0 Å². The Kier molecular flexibility index (Phi) is 4.29. The third-order valence-corrected chi connectivity index (χ3v) is 5.62. The summed E-state index contributed by atoms with van der Waals surface area (Å²) in [5, 5.41) is 29.8. The Morgan fingerprint density at radius 1 is 1.17 bits per heavy atom. The maximum Gasteiger partial charge on any atom is 0.287 e. The molecule has 1 saturated heterocycles. The van der Waals surface area contributed by atoms with E-state index in [1.807, 2.05) is 30.3 Å². The Morgan fingerprint density at radius 3 is 2.62 bits per heavy atom. The van der Waals surface area contributed by atoms with Crippen LogP contribution in [0.3, 0.4) is 0 Å². The van der Waals surface area contributed by atoms with E-state index in [1.165, 1.54) is 8.97 Å². The number of aromatic nitrogens is 5. The second-order valence-electron chi connectivity index (χ2n) is 6.80. The van der Waals surface area contributed by atoms with Gasteiger partial charge in [-0.25, -0.2) is 9.38 Å². The van der Waals surface area contributed by atoms with Crippen molar-refractivity contribution >= 4 is 32.9 Å². The first-order valence-electron chi connectivity index (χ1n) is 8.86.